The monoisotopic (exact) mass is 473 g/mol. The van der Waals surface area contributed by atoms with Gasteiger partial charge in [-0.15, -0.1) is 0 Å². The summed E-state index contributed by atoms with van der Waals surface area (Å²) in [6, 6.07) is 30.4. The van der Waals surface area contributed by atoms with Crippen molar-refractivity contribution >= 4 is 28.4 Å². The maximum atomic E-state index is 11.1. The van der Waals surface area contributed by atoms with Crippen molar-refractivity contribution in [3.63, 3.8) is 0 Å². The molecule has 0 amide bonds. The van der Waals surface area contributed by atoms with Gasteiger partial charge in [0.2, 0.25) is 5.69 Å². The second-order valence-corrected chi connectivity index (χ2v) is 6.98. The van der Waals surface area contributed by atoms with Crippen molar-refractivity contribution in [1.82, 2.24) is 0 Å². The SMILES string of the molecule is O=[N+]([O-])c1cc([N+](=O)[O-])c(NNc2ccccc2)c([N+](=O)[O-])c1.c1ccc(-c2ccccc2)cc1. The molecule has 0 bridgehead atoms. The number of nitrogens with one attached hydrogen (secondary N) is 2. The molecule has 0 aliphatic rings. The van der Waals surface area contributed by atoms with Crippen molar-refractivity contribution in [2.45, 2.75) is 0 Å². The molecule has 0 saturated carbocycles. The van der Waals surface area contributed by atoms with Gasteiger partial charge in [-0.3, -0.25) is 35.8 Å². The molecule has 0 fully saturated rings. The van der Waals surface area contributed by atoms with Crippen LogP contribution in [0.3, 0.4) is 0 Å². The van der Waals surface area contributed by atoms with E-state index < -0.39 is 37.5 Å². The molecule has 0 heterocycles. The lowest BCUT2D eigenvalue weighted by Gasteiger charge is -2.10. The molecule has 0 aliphatic heterocycles. The molecule has 2 N–H and O–H groups in total. The first-order valence-corrected chi connectivity index (χ1v) is 10.2. The minimum Gasteiger partial charge on any atom is -0.301 e. The minimum absolute atomic E-state index is 0.477. The van der Waals surface area contributed by atoms with Crippen LogP contribution in [-0.4, -0.2) is 14.8 Å². The van der Waals surface area contributed by atoms with Gasteiger partial charge in [-0.05, 0) is 23.3 Å². The molecule has 4 aromatic rings. The molecular weight excluding hydrogens is 454 g/mol. The standard InChI is InChI=1S/C12H9N5O6.C12H10/c18-15(19)9-6-10(16(20)21)12(11(7-9)17(22)23)14-13-8-4-2-1-3-5-8;1-3-7-11(8-4-1)12-9-5-2-6-10-12/h1-7,13-14H;1-10H. The molecule has 35 heavy (non-hydrogen) atoms. The molecule has 176 valence electrons. The van der Waals surface area contributed by atoms with Gasteiger partial charge in [0.25, 0.3) is 5.69 Å². The highest BCUT2D eigenvalue weighted by atomic mass is 16.6. The number of nitro groups is 3. The summed E-state index contributed by atoms with van der Waals surface area (Å²) in [5.41, 5.74) is 5.20. The van der Waals surface area contributed by atoms with Crippen LogP contribution >= 0.6 is 0 Å². The lowest BCUT2D eigenvalue weighted by atomic mass is 10.1. The third kappa shape index (κ3) is 6.58. The predicted molar refractivity (Wildman–Crippen MR) is 132 cm³/mol. The van der Waals surface area contributed by atoms with E-state index in [4.69, 9.17) is 0 Å². The Morgan fingerprint density at radius 1 is 0.514 bits per heavy atom. The fraction of sp³-hybridized carbons (Fsp3) is 0. The number of non-ortho nitro benzene ring substituents is 1. The summed E-state index contributed by atoms with van der Waals surface area (Å²) in [5.74, 6) is 0. The first-order valence-electron chi connectivity index (χ1n) is 10.2. The van der Waals surface area contributed by atoms with Crippen LogP contribution in [0.4, 0.5) is 28.4 Å². The van der Waals surface area contributed by atoms with Gasteiger partial charge in [0.05, 0.1) is 32.6 Å². The van der Waals surface area contributed by atoms with Crippen LogP contribution in [0.1, 0.15) is 0 Å². The van der Waals surface area contributed by atoms with E-state index in [-0.39, 0.29) is 0 Å². The van der Waals surface area contributed by atoms with Crippen LogP contribution in [0.2, 0.25) is 0 Å². The summed E-state index contributed by atoms with van der Waals surface area (Å²) >= 11 is 0. The lowest BCUT2D eigenvalue weighted by Crippen LogP contribution is -2.12. The molecule has 0 aliphatic carbocycles. The second-order valence-electron chi connectivity index (χ2n) is 6.98. The molecule has 0 spiro atoms. The van der Waals surface area contributed by atoms with Gasteiger partial charge >= 0.3 is 11.4 Å². The summed E-state index contributed by atoms with van der Waals surface area (Å²) in [4.78, 5) is 30.1. The van der Waals surface area contributed by atoms with Crippen LogP contribution in [0.25, 0.3) is 11.1 Å². The van der Waals surface area contributed by atoms with Gasteiger partial charge in [0.15, 0.2) is 0 Å². The van der Waals surface area contributed by atoms with E-state index in [1.807, 2.05) is 12.1 Å². The van der Waals surface area contributed by atoms with Crippen LogP contribution in [0.5, 0.6) is 0 Å². The summed E-state index contributed by atoms with van der Waals surface area (Å²) in [6.45, 7) is 0. The molecule has 11 nitrogen and oxygen atoms in total. The highest BCUT2D eigenvalue weighted by Crippen LogP contribution is 2.38. The number of anilines is 2. The summed E-state index contributed by atoms with van der Waals surface area (Å²) < 4.78 is 0. The van der Waals surface area contributed by atoms with Crippen molar-refractivity contribution in [1.29, 1.82) is 0 Å². The molecule has 0 unspecified atom stereocenters. The molecule has 4 rings (SSSR count). The number of benzene rings is 4. The highest BCUT2D eigenvalue weighted by Gasteiger charge is 2.30. The smallest absolute Gasteiger partial charge is 0.301 e. The molecule has 0 aromatic heterocycles. The number of hydrogen-bond donors (Lipinski definition) is 2. The van der Waals surface area contributed by atoms with Crippen molar-refractivity contribution in [2.75, 3.05) is 10.9 Å². The van der Waals surface area contributed by atoms with Gasteiger partial charge < -0.3 is 5.43 Å². The van der Waals surface area contributed by atoms with Crippen molar-refractivity contribution in [2.24, 2.45) is 0 Å². The average Bonchev–Trinajstić information content (AvgIpc) is 2.88. The van der Waals surface area contributed by atoms with E-state index in [9.17, 15) is 30.3 Å². The van der Waals surface area contributed by atoms with Crippen LogP contribution in [-0.2, 0) is 0 Å². The average molecular weight is 473 g/mol. The lowest BCUT2D eigenvalue weighted by molar-refractivity contribution is -0.401. The normalized spacial score (nSPS) is 9.83. The number of hydrogen-bond acceptors (Lipinski definition) is 8. The predicted octanol–water partition coefficient (Wildman–Crippen LogP) is 6.20. The fourth-order valence-corrected chi connectivity index (χ4v) is 3.04. The van der Waals surface area contributed by atoms with E-state index in [1.54, 1.807) is 30.3 Å². The quantitative estimate of drug-likeness (QED) is 0.237. The Hall–Kier alpha value is -5.32. The van der Waals surface area contributed by atoms with Gasteiger partial charge in [-0.2, -0.15) is 0 Å². The van der Waals surface area contributed by atoms with E-state index in [1.165, 1.54) is 11.1 Å². The molecule has 0 atom stereocenters. The maximum Gasteiger partial charge on any atom is 0.308 e. The van der Waals surface area contributed by atoms with Crippen molar-refractivity contribution < 1.29 is 14.8 Å². The Kier molecular flexibility index (Phi) is 8.00. The number of nitro benzene ring substituents is 3. The Bertz CT molecular complexity index is 1250. The van der Waals surface area contributed by atoms with Gasteiger partial charge in [0.1, 0.15) is 0 Å². The topological polar surface area (TPSA) is 153 Å². The van der Waals surface area contributed by atoms with Gasteiger partial charge in [-0.25, -0.2) is 0 Å². The molecular formula is C24H19N5O6. The summed E-state index contributed by atoms with van der Waals surface area (Å²) in [6.07, 6.45) is 0. The van der Waals surface area contributed by atoms with Crippen LogP contribution in [0.15, 0.2) is 103 Å². The first-order chi connectivity index (χ1) is 16.9. The van der Waals surface area contributed by atoms with Crippen LogP contribution < -0.4 is 10.9 Å². The molecule has 4 aromatic carbocycles. The van der Waals surface area contributed by atoms with Crippen molar-refractivity contribution in [3.8, 4) is 11.1 Å². The number of hydrazine groups is 1. The molecule has 0 radical (unpaired) electrons. The van der Waals surface area contributed by atoms with Gasteiger partial charge in [-0.1, -0.05) is 78.9 Å². The zero-order valence-electron chi connectivity index (χ0n) is 18.1. The van der Waals surface area contributed by atoms with Crippen molar-refractivity contribution in [3.05, 3.63) is 133 Å². The van der Waals surface area contributed by atoms with E-state index in [0.717, 1.165) is 0 Å². The Labute approximate surface area is 199 Å². The van der Waals surface area contributed by atoms with E-state index in [0.29, 0.717) is 17.8 Å². The second kappa shape index (κ2) is 11.5. The molecule has 0 saturated heterocycles. The maximum absolute atomic E-state index is 11.1. The number of nitrogens with zero attached hydrogens (tertiary/aromatic N) is 3. The summed E-state index contributed by atoms with van der Waals surface area (Å²) in [5, 5.41) is 32.9. The zero-order chi connectivity index (χ0) is 25.2. The summed E-state index contributed by atoms with van der Waals surface area (Å²) in [7, 11) is 0. The number of para-hydroxylation sites is 1. The fourth-order valence-electron chi connectivity index (χ4n) is 3.04. The third-order valence-electron chi connectivity index (χ3n) is 4.67. The van der Waals surface area contributed by atoms with E-state index >= 15 is 0 Å². The Balaban J connectivity index is 0.000000237. The Morgan fingerprint density at radius 3 is 1.29 bits per heavy atom. The first kappa shape index (κ1) is 24.3. The molecule has 11 heteroatoms. The minimum atomic E-state index is -0.936. The van der Waals surface area contributed by atoms with Gasteiger partial charge in [0, 0.05) is 0 Å². The number of rotatable bonds is 7. The zero-order valence-corrected chi connectivity index (χ0v) is 18.1. The highest BCUT2D eigenvalue weighted by molar-refractivity contribution is 5.78. The Morgan fingerprint density at radius 2 is 0.914 bits per heavy atom. The van der Waals surface area contributed by atoms with Crippen LogP contribution in [0, 0.1) is 30.3 Å². The van der Waals surface area contributed by atoms with E-state index in [2.05, 4.69) is 59.4 Å². The third-order valence-corrected chi connectivity index (χ3v) is 4.67. The largest absolute Gasteiger partial charge is 0.308 e.